The van der Waals surface area contributed by atoms with Crippen LogP contribution in [0.2, 0.25) is 0 Å². The third kappa shape index (κ3) is 3.31. The highest BCUT2D eigenvalue weighted by atomic mass is 16.5. The van der Waals surface area contributed by atoms with Crippen LogP contribution in [0.15, 0.2) is 24.5 Å². The molecule has 6 heteroatoms. The van der Waals surface area contributed by atoms with Gasteiger partial charge in [-0.25, -0.2) is 4.98 Å². The van der Waals surface area contributed by atoms with Crippen molar-refractivity contribution in [2.75, 3.05) is 13.7 Å². The average Bonchev–Trinajstić information content (AvgIpc) is 2.90. The van der Waals surface area contributed by atoms with E-state index < -0.39 is 0 Å². The van der Waals surface area contributed by atoms with Gasteiger partial charge in [-0.3, -0.25) is 9.59 Å². The van der Waals surface area contributed by atoms with Gasteiger partial charge in [0.05, 0.1) is 24.5 Å². The quantitative estimate of drug-likeness (QED) is 0.626. The first-order valence-electron chi connectivity index (χ1n) is 5.99. The molecule has 0 radical (unpaired) electrons. The van der Waals surface area contributed by atoms with Gasteiger partial charge in [0.2, 0.25) is 0 Å². The summed E-state index contributed by atoms with van der Waals surface area (Å²) in [5.41, 5.74) is 2.21. The zero-order valence-corrected chi connectivity index (χ0v) is 10.6. The molecule has 0 unspecified atom stereocenters. The van der Waals surface area contributed by atoms with Crippen molar-refractivity contribution in [2.45, 2.75) is 12.8 Å². The molecular weight excluding hydrogens is 246 g/mol. The number of methoxy groups -OCH3 is 1. The molecule has 0 aliphatic rings. The molecule has 0 fully saturated rings. The normalized spacial score (nSPS) is 10.4. The van der Waals surface area contributed by atoms with Gasteiger partial charge in [0.15, 0.2) is 0 Å². The number of imidazole rings is 1. The summed E-state index contributed by atoms with van der Waals surface area (Å²) in [5, 5.41) is 2.75. The molecule has 2 N–H and O–H groups in total. The molecule has 0 atom stereocenters. The second kappa shape index (κ2) is 5.99. The maximum Gasteiger partial charge on any atom is 0.305 e. The molecule has 0 saturated heterocycles. The third-order valence-electron chi connectivity index (χ3n) is 2.75. The van der Waals surface area contributed by atoms with E-state index in [1.807, 2.05) is 0 Å². The van der Waals surface area contributed by atoms with Crippen molar-refractivity contribution in [1.29, 1.82) is 0 Å². The van der Waals surface area contributed by atoms with Gasteiger partial charge in [0.25, 0.3) is 5.91 Å². The summed E-state index contributed by atoms with van der Waals surface area (Å²) in [7, 11) is 1.35. The monoisotopic (exact) mass is 261 g/mol. The molecule has 2 rings (SSSR count). The maximum atomic E-state index is 11.9. The summed E-state index contributed by atoms with van der Waals surface area (Å²) >= 11 is 0. The average molecular weight is 261 g/mol. The summed E-state index contributed by atoms with van der Waals surface area (Å²) in [6, 6.07) is 5.26. The van der Waals surface area contributed by atoms with Crippen LogP contribution in [0.3, 0.4) is 0 Å². The first-order valence-corrected chi connectivity index (χ1v) is 5.99. The molecular formula is C13H15N3O3. The highest BCUT2D eigenvalue weighted by Gasteiger charge is 2.07. The molecule has 0 aliphatic heterocycles. The van der Waals surface area contributed by atoms with E-state index >= 15 is 0 Å². The van der Waals surface area contributed by atoms with E-state index in [2.05, 4.69) is 20.0 Å². The molecule has 0 spiro atoms. The number of hydrogen-bond donors (Lipinski definition) is 2. The summed E-state index contributed by atoms with van der Waals surface area (Å²) in [6.45, 7) is 0.439. The lowest BCUT2D eigenvalue weighted by atomic mass is 10.2. The number of rotatable bonds is 5. The van der Waals surface area contributed by atoms with Crippen LogP contribution in [0.5, 0.6) is 0 Å². The number of hydrogen-bond acceptors (Lipinski definition) is 4. The topological polar surface area (TPSA) is 84.1 Å². The molecule has 0 saturated carbocycles. The Kier molecular flexibility index (Phi) is 4.12. The fraction of sp³-hybridized carbons (Fsp3) is 0.308. The molecule has 100 valence electrons. The highest BCUT2D eigenvalue weighted by molar-refractivity contribution is 5.97. The van der Waals surface area contributed by atoms with Gasteiger partial charge in [-0.2, -0.15) is 0 Å². The number of carbonyl (C=O) groups excluding carboxylic acids is 2. The molecule has 0 aliphatic carbocycles. The van der Waals surface area contributed by atoms with Crippen LogP contribution in [0.25, 0.3) is 11.0 Å². The number of ether oxygens (including phenoxy) is 1. The van der Waals surface area contributed by atoms with Crippen LogP contribution >= 0.6 is 0 Å². The fourth-order valence-electron chi connectivity index (χ4n) is 1.72. The van der Waals surface area contributed by atoms with Gasteiger partial charge in [-0.15, -0.1) is 0 Å². The van der Waals surface area contributed by atoms with E-state index in [9.17, 15) is 9.59 Å². The zero-order valence-electron chi connectivity index (χ0n) is 10.6. The standard InChI is InChI=1S/C13H15N3O3/c1-19-12(17)3-2-6-14-13(18)9-4-5-10-11(7-9)16-8-15-10/h4-5,7-8H,2-3,6H2,1H3,(H,14,18)(H,15,16). The second-order valence-corrected chi connectivity index (χ2v) is 4.07. The number of amides is 1. The summed E-state index contributed by atoms with van der Waals surface area (Å²) < 4.78 is 4.52. The van der Waals surface area contributed by atoms with Crippen molar-refractivity contribution in [3.05, 3.63) is 30.1 Å². The summed E-state index contributed by atoms with van der Waals surface area (Å²) in [4.78, 5) is 29.8. The van der Waals surface area contributed by atoms with Crippen LogP contribution in [0, 0.1) is 0 Å². The number of carbonyl (C=O) groups is 2. The van der Waals surface area contributed by atoms with Crippen molar-refractivity contribution in [3.63, 3.8) is 0 Å². The summed E-state index contributed by atoms with van der Waals surface area (Å²) in [6.07, 6.45) is 2.45. The van der Waals surface area contributed by atoms with Crippen LogP contribution < -0.4 is 5.32 Å². The lowest BCUT2D eigenvalue weighted by molar-refractivity contribution is -0.140. The molecule has 1 amide bonds. The van der Waals surface area contributed by atoms with Gasteiger partial charge < -0.3 is 15.0 Å². The molecule has 6 nitrogen and oxygen atoms in total. The Balaban J connectivity index is 1.87. The third-order valence-corrected chi connectivity index (χ3v) is 2.75. The zero-order chi connectivity index (χ0) is 13.7. The molecule has 1 aromatic heterocycles. The Morgan fingerprint density at radius 3 is 3.05 bits per heavy atom. The van der Waals surface area contributed by atoms with Gasteiger partial charge in [0, 0.05) is 18.5 Å². The Morgan fingerprint density at radius 1 is 1.42 bits per heavy atom. The number of nitrogens with zero attached hydrogens (tertiary/aromatic N) is 1. The van der Waals surface area contributed by atoms with Crippen molar-refractivity contribution in [3.8, 4) is 0 Å². The van der Waals surface area contributed by atoms with E-state index in [0.29, 0.717) is 24.9 Å². The minimum atomic E-state index is -0.270. The van der Waals surface area contributed by atoms with E-state index in [1.54, 1.807) is 24.5 Å². The van der Waals surface area contributed by atoms with E-state index in [-0.39, 0.29) is 11.9 Å². The first-order chi connectivity index (χ1) is 9.20. The predicted molar refractivity (Wildman–Crippen MR) is 69.7 cm³/mol. The number of H-pyrrole nitrogens is 1. The van der Waals surface area contributed by atoms with Crippen molar-refractivity contribution in [2.24, 2.45) is 0 Å². The summed E-state index contributed by atoms with van der Waals surface area (Å²) in [5.74, 6) is -0.436. The van der Waals surface area contributed by atoms with Crippen LogP contribution in [-0.2, 0) is 9.53 Å². The molecule has 1 heterocycles. The maximum absolute atomic E-state index is 11.9. The highest BCUT2D eigenvalue weighted by Crippen LogP contribution is 2.11. The molecule has 1 aromatic carbocycles. The SMILES string of the molecule is COC(=O)CCCNC(=O)c1ccc2nc[nH]c2c1. The van der Waals surface area contributed by atoms with E-state index in [4.69, 9.17) is 0 Å². The Hall–Kier alpha value is -2.37. The molecule has 2 aromatic rings. The van der Waals surface area contributed by atoms with Gasteiger partial charge in [0.1, 0.15) is 0 Å². The smallest absolute Gasteiger partial charge is 0.305 e. The number of nitrogens with one attached hydrogen (secondary N) is 2. The number of aromatic nitrogens is 2. The predicted octanol–water partition coefficient (Wildman–Crippen LogP) is 1.25. The van der Waals surface area contributed by atoms with Crippen LogP contribution in [0.4, 0.5) is 0 Å². The fourth-order valence-corrected chi connectivity index (χ4v) is 1.72. The molecule has 0 bridgehead atoms. The minimum absolute atomic E-state index is 0.165. The van der Waals surface area contributed by atoms with Gasteiger partial charge in [-0.05, 0) is 24.6 Å². The number of aromatic amines is 1. The number of benzene rings is 1. The van der Waals surface area contributed by atoms with E-state index in [1.165, 1.54) is 7.11 Å². The van der Waals surface area contributed by atoms with Crippen molar-refractivity contribution < 1.29 is 14.3 Å². The van der Waals surface area contributed by atoms with Crippen LogP contribution in [-0.4, -0.2) is 35.5 Å². The Labute approximate surface area is 110 Å². The number of esters is 1. The van der Waals surface area contributed by atoms with Crippen molar-refractivity contribution >= 4 is 22.9 Å². The molecule has 19 heavy (non-hydrogen) atoms. The second-order valence-electron chi connectivity index (χ2n) is 4.07. The lowest BCUT2D eigenvalue weighted by Gasteiger charge is -2.04. The first kappa shape index (κ1) is 13.1. The number of fused-ring (bicyclic) bond motifs is 1. The van der Waals surface area contributed by atoms with Gasteiger partial charge in [-0.1, -0.05) is 0 Å². The largest absolute Gasteiger partial charge is 0.469 e. The Bertz CT molecular complexity index is 592. The van der Waals surface area contributed by atoms with Crippen molar-refractivity contribution in [1.82, 2.24) is 15.3 Å². The van der Waals surface area contributed by atoms with E-state index in [0.717, 1.165) is 11.0 Å². The minimum Gasteiger partial charge on any atom is -0.469 e. The Morgan fingerprint density at radius 2 is 2.26 bits per heavy atom. The lowest BCUT2D eigenvalue weighted by Crippen LogP contribution is -2.24. The van der Waals surface area contributed by atoms with Crippen LogP contribution in [0.1, 0.15) is 23.2 Å². The van der Waals surface area contributed by atoms with Gasteiger partial charge >= 0.3 is 5.97 Å².